The van der Waals surface area contributed by atoms with Crippen LogP contribution in [0.3, 0.4) is 0 Å². The fourth-order valence-corrected chi connectivity index (χ4v) is 2.57. The maximum Gasteiger partial charge on any atom is 0.271 e. The van der Waals surface area contributed by atoms with Gasteiger partial charge in [0.05, 0.1) is 12.4 Å². The highest BCUT2D eigenvalue weighted by molar-refractivity contribution is 6.31. The lowest BCUT2D eigenvalue weighted by Gasteiger charge is -2.10. The van der Waals surface area contributed by atoms with Gasteiger partial charge < -0.3 is 10.6 Å². The van der Waals surface area contributed by atoms with Crippen LogP contribution in [0.1, 0.15) is 21.6 Å². The van der Waals surface area contributed by atoms with Crippen molar-refractivity contribution in [2.45, 2.75) is 13.5 Å². The second-order valence-corrected chi connectivity index (χ2v) is 6.48. The van der Waals surface area contributed by atoms with Gasteiger partial charge in [-0.2, -0.15) is 0 Å². The molecular weight excluding hydrogens is 371 g/mol. The Kier molecular flexibility index (Phi) is 5.71. The van der Waals surface area contributed by atoms with Gasteiger partial charge in [-0.1, -0.05) is 41.4 Å². The maximum atomic E-state index is 12.2. The standard InChI is InChI=1S/C19H16Cl2N4O/c1-12-15(21)3-2-4-16(12)25-18-11-22-17(10-23-18)19(26)24-9-13-5-7-14(20)8-6-13/h2-8,10-11H,9H2,1H3,(H,23,25)(H,24,26). The first-order valence-corrected chi connectivity index (χ1v) is 8.65. The molecule has 5 nitrogen and oxygen atoms in total. The number of hydrogen-bond acceptors (Lipinski definition) is 4. The Morgan fingerprint density at radius 3 is 2.50 bits per heavy atom. The van der Waals surface area contributed by atoms with Gasteiger partial charge in [-0.3, -0.25) is 4.79 Å². The van der Waals surface area contributed by atoms with E-state index in [2.05, 4.69) is 20.6 Å². The minimum atomic E-state index is -0.294. The van der Waals surface area contributed by atoms with Crippen molar-refractivity contribution in [1.82, 2.24) is 15.3 Å². The number of rotatable bonds is 5. The van der Waals surface area contributed by atoms with E-state index in [9.17, 15) is 4.79 Å². The van der Waals surface area contributed by atoms with E-state index in [1.54, 1.807) is 12.1 Å². The molecule has 0 aliphatic heterocycles. The predicted molar refractivity (Wildman–Crippen MR) is 104 cm³/mol. The van der Waals surface area contributed by atoms with E-state index >= 15 is 0 Å². The van der Waals surface area contributed by atoms with Crippen molar-refractivity contribution in [3.05, 3.63) is 81.7 Å². The first-order chi connectivity index (χ1) is 12.5. The lowest BCUT2D eigenvalue weighted by atomic mass is 10.2. The quantitative estimate of drug-likeness (QED) is 0.662. The smallest absolute Gasteiger partial charge is 0.271 e. The Bertz CT molecular complexity index is 912. The number of nitrogens with zero attached hydrogens (tertiary/aromatic N) is 2. The summed E-state index contributed by atoms with van der Waals surface area (Å²) in [5.74, 6) is 0.238. The molecule has 0 radical (unpaired) electrons. The Morgan fingerprint density at radius 2 is 1.81 bits per heavy atom. The van der Waals surface area contributed by atoms with Gasteiger partial charge in [-0.15, -0.1) is 0 Å². The van der Waals surface area contributed by atoms with Crippen molar-refractivity contribution >= 4 is 40.6 Å². The molecule has 3 rings (SSSR count). The molecule has 0 bridgehead atoms. The van der Waals surface area contributed by atoms with E-state index in [1.165, 1.54) is 12.4 Å². The molecule has 26 heavy (non-hydrogen) atoms. The Balaban J connectivity index is 1.62. The van der Waals surface area contributed by atoms with E-state index < -0.39 is 0 Å². The second-order valence-electron chi connectivity index (χ2n) is 5.63. The molecule has 1 amide bonds. The summed E-state index contributed by atoms with van der Waals surface area (Å²) in [6.07, 6.45) is 2.94. The van der Waals surface area contributed by atoms with Gasteiger partial charge in [0.15, 0.2) is 0 Å². The van der Waals surface area contributed by atoms with Crippen LogP contribution in [-0.4, -0.2) is 15.9 Å². The van der Waals surface area contributed by atoms with E-state index in [-0.39, 0.29) is 11.6 Å². The van der Waals surface area contributed by atoms with Crippen LogP contribution < -0.4 is 10.6 Å². The fourth-order valence-electron chi connectivity index (χ4n) is 2.27. The molecule has 1 heterocycles. The zero-order valence-corrected chi connectivity index (χ0v) is 15.5. The number of carbonyl (C=O) groups excluding carboxylic acids is 1. The van der Waals surface area contributed by atoms with E-state index in [0.717, 1.165) is 16.8 Å². The number of carbonyl (C=O) groups is 1. The molecule has 2 aromatic carbocycles. The monoisotopic (exact) mass is 386 g/mol. The van der Waals surface area contributed by atoms with Gasteiger partial charge >= 0.3 is 0 Å². The Hall–Kier alpha value is -2.63. The van der Waals surface area contributed by atoms with Crippen molar-refractivity contribution in [3.63, 3.8) is 0 Å². The van der Waals surface area contributed by atoms with Crippen LogP contribution in [0.15, 0.2) is 54.9 Å². The summed E-state index contributed by atoms with van der Waals surface area (Å²) in [5.41, 5.74) is 2.95. The van der Waals surface area contributed by atoms with Crippen molar-refractivity contribution < 1.29 is 4.79 Å². The zero-order chi connectivity index (χ0) is 18.5. The van der Waals surface area contributed by atoms with Gasteiger partial charge in [-0.05, 0) is 42.3 Å². The van der Waals surface area contributed by atoms with Crippen molar-refractivity contribution in [2.75, 3.05) is 5.32 Å². The van der Waals surface area contributed by atoms with Gasteiger partial charge in [0.25, 0.3) is 5.91 Å². The van der Waals surface area contributed by atoms with Crippen molar-refractivity contribution in [1.29, 1.82) is 0 Å². The van der Waals surface area contributed by atoms with Crippen LogP contribution in [0, 0.1) is 6.92 Å². The lowest BCUT2D eigenvalue weighted by molar-refractivity contribution is 0.0945. The summed E-state index contributed by atoms with van der Waals surface area (Å²) in [5, 5.41) is 7.26. The van der Waals surface area contributed by atoms with Crippen LogP contribution in [-0.2, 0) is 6.54 Å². The summed E-state index contributed by atoms with van der Waals surface area (Å²) in [6.45, 7) is 2.30. The molecule has 0 aliphatic carbocycles. The molecule has 0 spiro atoms. The van der Waals surface area contributed by atoms with E-state index in [4.69, 9.17) is 23.2 Å². The number of amides is 1. The summed E-state index contributed by atoms with van der Waals surface area (Å²) < 4.78 is 0. The Labute approximate surface area is 161 Å². The molecule has 3 aromatic rings. The summed E-state index contributed by atoms with van der Waals surface area (Å²) in [7, 11) is 0. The topological polar surface area (TPSA) is 66.9 Å². The van der Waals surface area contributed by atoms with Gasteiger partial charge in [-0.25, -0.2) is 9.97 Å². The van der Waals surface area contributed by atoms with Gasteiger partial charge in [0, 0.05) is 22.3 Å². The van der Waals surface area contributed by atoms with Crippen molar-refractivity contribution in [2.24, 2.45) is 0 Å². The summed E-state index contributed by atoms with van der Waals surface area (Å²) in [4.78, 5) is 20.6. The number of hydrogen-bond donors (Lipinski definition) is 2. The third-order valence-electron chi connectivity index (χ3n) is 3.78. The largest absolute Gasteiger partial charge is 0.347 e. The molecule has 1 aromatic heterocycles. The molecule has 0 unspecified atom stereocenters. The molecule has 0 atom stereocenters. The number of halogens is 2. The molecular formula is C19H16Cl2N4O. The molecule has 0 saturated carbocycles. The molecule has 2 N–H and O–H groups in total. The molecule has 0 fully saturated rings. The first kappa shape index (κ1) is 18.2. The van der Waals surface area contributed by atoms with Crippen LogP contribution in [0.25, 0.3) is 0 Å². The highest BCUT2D eigenvalue weighted by Crippen LogP contribution is 2.25. The minimum absolute atomic E-state index is 0.243. The average Bonchev–Trinajstić information content (AvgIpc) is 2.65. The number of benzene rings is 2. The van der Waals surface area contributed by atoms with Crippen LogP contribution in [0.2, 0.25) is 10.0 Å². The van der Waals surface area contributed by atoms with Gasteiger partial charge in [0.2, 0.25) is 0 Å². The number of anilines is 2. The summed E-state index contributed by atoms with van der Waals surface area (Å²) in [6, 6.07) is 12.8. The normalized spacial score (nSPS) is 10.4. The molecule has 132 valence electrons. The third kappa shape index (κ3) is 4.50. The van der Waals surface area contributed by atoms with Gasteiger partial charge in [0.1, 0.15) is 11.5 Å². The van der Waals surface area contributed by atoms with Crippen molar-refractivity contribution in [3.8, 4) is 0 Å². The molecule has 0 saturated heterocycles. The predicted octanol–water partition coefficient (Wildman–Crippen LogP) is 4.77. The highest BCUT2D eigenvalue weighted by Gasteiger charge is 2.09. The SMILES string of the molecule is Cc1c(Cl)cccc1Nc1cnc(C(=O)NCc2ccc(Cl)cc2)cn1. The molecule has 7 heteroatoms. The third-order valence-corrected chi connectivity index (χ3v) is 4.44. The van der Waals surface area contributed by atoms with Crippen LogP contribution >= 0.6 is 23.2 Å². The second kappa shape index (κ2) is 8.17. The van der Waals surface area contributed by atoms with Crippen LogP contribution in [0.4, 0.5) is 11.5 Å². The zero-order valence-electron chi connectivity index (χ0n) is 14.0. The highest BCUT2D eigenvalue weighted by atomic mass is 35.5. The maximum absolute atomic E-state index is 12.2. The Morgan fingerprint density at radius 1 is 1.04 bits per heavy atom. The van der Waals surface area contributed by atoms with E-state index in [1.807, 2.05) is 37.3 Å². The summed E-state index contributed by atoms with van der Waals surface area (Å²) >= 11 is 11.9. The average molecular weight is 387 g/mol. The number of aromatic nitrogens is 2. The first-order valence-electron chi connectivity index (χ1n) is 7.90. The lowest BCUT2D eigenvalue weighted by Crippen LogP contribution is -2.24. The minimum Gasteiger partial charge on any atom is -0.347 e. The number of nitrogens with one attached hydrogen (secondary N) is 2. The van der Waals surface area contributed by atoms with Crippen LogP contribution in [0.5, 0.6) is 0 Å². The fraction of sp³-hybridized carbons (Fsp3) is 0.105. The molecule has 0 aliphatic rings. The van der Waals surface area contributed by atoms with E-state index in [0.29, 0.717) is 22.4 Å².